The van der Waals surface area contributed by atoms with Gasteiger partial charge in [-0.3, -0.25) is 0 Å². The Kier molecular flexibility index (Phi) is 4.20. The normalized spacial score (nSPS) is 22.4. The van der Waals surface area contributed by atoms with Gasteiger partial charge in [-0.1, -0.05) is 0 Å². The van der Waals surface area contributed by atoms with Crippen LogP contribution in [0.5, 0.6) is 0 Å². The number of nitrogens with two attached hydrogens (primary N) is 1. The molecule has 1 fully saturated rings. The number of hydrogen-bond donors (Lipinski definition) is 1. The number of likely N-dealkylation sites (tertiary alicyclic amines) is 1. The molecule has 0 atom stereocenters. The van der Waals surface area contributed by atoms with Crippen molar-refractivity contribution >= 4 is 11.6 Å². The van der Waals surface area contributed by atoms with E-state index in [9.17, 15) is 0 Å². The minimum absolute atomic E-state index is 0.420. The highest BCUT2D eigenvalue weighted by atomic mass is 35.5. The Labute approximate surface area is 73.7 Å². The summed E-state index contributed by atoms with van der Waals surface area (Å²) in [4.78, 5) is 2.45. The molecule has 0 aromatic rings. The standard InChI is InChI=1S/C8H17ClN2/c9-8-2-6-11(7-3-8)5-1-4-10/h8H,1-7,10H2. The maximum absolute atomic E-state index is 5.96. The van der Waals surface area contributed by atoms with Crippen LogP contribution in [0.3, 0.4) is 0 Å². The Morgan fingerprint density at radius 3 is 2.55 bits per heavy atom. The van der Waals surface area contributed by atoms with Gasteiger partial charge in [-0.2, -0.15) is 0 Å². The Morgan fingerprint density at radius 2 is 2.00 bits per heavy atom. The van der Waals surface area contributed by atoms with Crippen molar-refractivity contribution < 1.29 is 0 Å². The van der Waals surface area contributed by atoms with Gasteiger partial charge in [-0.05, 0) is 45.4 Å². The van der Waals surface area contributed by atoms with Crippen molar-refractivity contribution in [3.63, 3.8) is 0 Å². The van der Waals surface area contributed by atoms with Gasteiger partial charge in [0.25, 0.3) is 0 Å². The zero-order valence-electron chi connectivity index (χ0n) is 6.93. The van der Waals surface area contributed by atoms with Crippen LogP contribution in [-0.2, 0) is 0 Å². The van der Waals surface area contributed by atoms with Gasteiger partial charge in [0.15, 0.2) is 0 Å². The largest absolute Gasteiger partial charge is 0.330 e. The van der Waals surface area contributed by atoms with E-state index in [1.807, 2.05) is 0 Å². The van der Waals surface area contributed by atoms with Gasteiger partial charge in [-0.15, -0.1) is 11.6 Å². The molecule has 1 heterocycles. The smallest absolute Gasteiger partial charge is 0.0360 e. The van der Waals surface area contributed by atoms with Crippen LogP contribution in [0.2, 0.25) is 0 Å². The van der Waals surface area contributed by atoms with Crippen LogP contribution in [-0.4, -0.2) is 36.5 Å². The maximum atomic E-state index is 5.96. The van der Waals surface area contributed by atoms with Gasteiger partial charge < -0.3 is 10.6 Å². The number of rotatable bonds is 3. The highest BCUT2D eigenvalue weighted by Gasteiger charge is 2.15. The van der Waals surface area contributed by atoms with Crippen LogP contribution in [0, 0.1) is 0 Å². The minimum atomic E-state index is 0.420. The highest BCUT2D eigenvalue weighted by molar-refractivity contribution is 6.20. The number of halogens is 1. The van der Waals surface area contributed by atoms with E-state index in [0.717, 1.165) is 45.4 Å². The van der Waals surface area contributed by atoms with Crippen molar-refractivity contribution in [1.29, 1.82) is 0 Å². The quantitative estimate of drug-likeness (QED) is 0.652. The van der Waals surface area contributed by atoms with Crippen molar-refractivity contribution in [1.82, 2.24) is 4.90 Å². The number of alkyl halides is 1. The van der Waals surface area contributed by atoms with Crippen molar-refractivity contribution in [2.24, 2.45) is 5.73 Å². The fourth-order valence-electron chi connectivity index (χ4n) is 1.44. The zero-order valence-corrected chi connectivity index (χ0v) is 7.69. The molecule has 0 spiro atoms. The second kappa shape index (κ2) is 4.96. The Hall–Kier alpha value is 0.210. The van der Waals surface area contributed by atoms with E-state index in [2.05, 4.69) is 4.90 Å². The molecule has 0 unspecified atom stereocenters. The topological polar surface area (TPSA) is 29.3 Å². The third-order valence-electron chi connectivity index (χ3n) is 2.20. The van der Waals surface area contributed by atoms with E-state index in [1.54, 1.807) is 0 Å². The molecule has 0 saturated carbocycles. The first-order valence-electron chi connectivity index (χ1n) is 4.39. The molecule has 0 aromatic carbocycles. The summed E-state index contributed by atoms with van der Waals surface area (Å²) < 4.78 is 0. The van der Waals surface area contributed by atoms with Crippen LogP contribution >= 0.6 is 11.6 Å². The molecule has 1 rings (SSSR count). The van der Waals surface area contributed by atoms with Crippen LogP contribution in [0.4, 0.5) is 0 Å². The molecule has 2 nitrogen and oxygen atoms in total. The summed E-state index contributed by atoms with van der Waals surface area (Å²) in [6.07, 6.45) is 3.41. The average molecular weight is 177 g/mol. The Balaban J connectivity index is 2.07. The Morgan fingerprint density at radius 1 is 1.36 bits per heavy atom. The van der Waals surface area contributed by atoms with Gasteiger partial charge >= 0.3 is 0 Å². The summed E-state index contributed by atoms with van der Waals surface area (Å²) in [7, 11) is 0. The monoisotopic (exact) mass is 176 g/mol. The molecule has 0 bridgehead atoms. The third-order valence-corrected chi connectivity index (χ3v) is 2.63. The van der Waals surface area contributed by atoms with Crippen LogP contribution in [0.25, 0.3) is 0 Å². The van der Waals surface area contributed by atoms with E-state index in [1.165, 1.54) is 0 Å². The van der Waals surface area contributed by atoms with Crippen molar-refractivity contribution in [3.8, 4) is 0 Å². The molecule has 0 aliphatic carbocycles. The van der Waals surface area contributed by atoms with E-state index < -0.39 is 0 Å². The van der Waals surface area contributed by atoms with E-state index in [4.69, 9.17) is 17.3 Å². The van der Waals surface area contributed by atoms with Gasteiger partial charge in [0.05, 0.1) is 0 Å². The second-order valence-corrected chi connectivity index (χ2v) is 3.78. The predicted molar refractivity (Wildman–Crippen MR) is 49.0 cm³/mol. The molecular weight excluding hydrogens is 160 g/mol. The lowest BCUT2D eigenvalue weighted by Gasteiger charge is -2.28. The van der Waals surface area contributed by atoms with E-state index in [-0.39, 0.29) is 0 Å². The summed E-state index contributed by atoms with van der Waals surface area (Å²) in [6.45, 7) is 4.28. The summed E-state index contributed by atoms with van der Waals surface area (Å²) >= 11 is 5.96. The molecule has 1 aliphatic rings. The van der Waals surface area contributed by atoms with Crippen molar-refractivity contribution in [3.05, 3.63) is 0 Å². The first-order chi connectivity index (χ1) is 5.33. The highest BCUT2D eigenvalue weighted by Crippen LogP contribution is 2.15. The van der Waals surface area contributed by atoms with Crippen LogP contribution < -0.4 is 5.73 Å². The summed E-state index contributed by atoms with van der Waals surface area (Å²) in [5, 5.41) is 0.420. The third kappa shape index (κ3) is 3.41. The fourth-order valence-corrected chi connectivity index (χ4v) is 1.64. The SMILES string of the molecule is NCCCN1CCC(Cl)CC1. The molecule has 3 heteroatoms. The molecule has 0 radical (unpaired) electrons. The molecule has 66 valence electrons. The molecule has 1 saturated heterocycles. The van der Waals surface area contributed by atoms with Crippen molar-refractivity contribution in [2.75, 3.05) is 26.2 Å². The summed E-state index contributed by atoms with van der Waals surface area (Å²) in [6, 6.07) is 0. The zero-order chi connectivity index (χ0) is 8.10. The van der Waals surface area contributed by atoms with Crippen LogP contribution in [0.15, 0.2) is 0 Å². The maximum Gasteiger partial charge on any atom is 0.0360 e. The van der Waals surface area contributed by atoms with Crippen LogP contribution in [0.1, 0.15) is 19.3 Å². The molecule has 2 N–H and O–H groups in total. The van der Waals surface area contributed by atoms with Gasteiger partial charge in [0.2, 0.25) is 0 Å². The molecule has 0 amide bonds. The van der Waals surface area contributed by atoms with Crippen molar-refractivity contribution in [2.45, 2.75) is 24.6 Å². The second-order valence-electron chi connectivity index (χ2n) is 3.16. The van der Waals surface area contributed by atoms with Gasteiger partial charge in [0.1, 0.15) is 0 Å². The first kappa shape index (κ1) is 9.30. The minimum Gasteiger partial charge on any atom is -0.330 e. The summed E-state index contributed by atoms with van der Waals surface area (Å²) in [5.41, 5.74) is 5.42. The summed E-state index contributed by atoms with van der Waals surface area (Å²) in [5.74, 6) is 0. The fraction of sp³-hybridized carbons (Fsp3) is 1.00. The molecule has 0 aromatic heterocycles. The molecule has 11 heavy (non-hydrogen) atoms. The lowest BCUT2D eigenvalue weighted by Crippen LogP contribution is -2.35. The lowest BCUT2D eigenvalue weighted by atomic mass is 10.1. The van der Waals surface area contributed by atoms with E-state index >= 15 is 0 Å². The molecule has 1 aliphatic heterocycles. The Bertz CT molecular complexity index is 97.5. The lowest BCUT2D eigenvalue weighted by molar-refractivity contribution is 0.230. The molecular formula is C8H17ClN2. The average Bonchev–Trinajstić information content (AvgIpc) is 2.04. The van der Waals surface area contributed by atoms with Gasteiger partial charge in [-0.25, -0.2) is 0 Å². The number of hydrogen-bond acceptors (Lipinski definition) is 2. The van der Waals surface area contributed by atoms with E-state index in [0.29, 0.717) is 5.38 Å². The first-order valence-corrected chi connectivity index (χ1v) is 4.83. The van der Waals surface area contributed by atoms with Gasteiger partial charge in [0, 0.05) is 5.38 Å². The number of piperidine rings is 1. The predicted octanol–water partition coefficient (Wildman–Crippen LogP) is 1.04. The number of nitrogens with zero attached hydrogens (tertiary/aromatic N) is 1.